The Bertz CT molecular complexity index is 961. The molecule has 0 fully saturated rings. The number of hydrogen-bond acceptors (Lipinski definition) is 3. The predicted octanol–water partition coefficient (Wildman–Crippen LogP) is 5.41. The van der Waals surface area contributed by atoms with Crippen LogP contribution in [-0.2, 0) is 4.79 Å². The van der Waals surface area contributed by atoms with Crippen LogP contribution in [0.15, 0.2) is 80.7 Å². The van der Waals surface area contributed by atoms with Gasteiger partial charge in [0.1, 0.15) is 17.6 Å². The highest BCUT2D eigenvalue weighted by molar-refractivity contribution is 9.10. The SMILES string of the molecule is CC(=O)N1N=C(c2ccccc2)CC1c1ccc(-c2ccc(Br)cc2)o1. The van der Waals surface area contributed by atoms with Gasteiger partial charge in [0.2, 0.25) is 5.91 Å². The molecule has 0 radical (unpaired) electrons. The summed E-state index contributed by atoms with van der Waals surface area (Å²) in [5.74, 6) is 1.43. The van der Waals surface area contributed by atoms with Gasteiger partial charge in [-0.3, -0.25) is 4.79 Å². The van der Waals surface area contributed by atoms with Gasteiger partial charge in [-0.05, 0) is 29.8 Å². The first-order valence-electron chi connectivity index (χ1n) is 8.40. The molecule has 1 atom stereocenters. The van der Waals surface area contributed by atoms with Gasteiger partial charge in [0.05, 0.1) is 5.71 Å². The van der Waals surface area contributed by atoms with Gasteiger partial charge in [0, 0.05) is 23.4 Å². The van der Waals surface area contributed by atoms with E-state index in [0.29, 0.717) is 6.42 Å². The minimum atomic E-state index is -0.216. The van der Waals surface area contributed by atoms with Crippen molar-refractivity contribution in [1.82, 2.24) is 5.01 Å². The maximum atomic E-state index is 12.1. The Labute approximate surface area is 160 Å². The Morgan fingerprint density at radius 3 is 2.46 bits per heavy atom. The van der Waals surface area contributed by atoms with Crippen molar-refractivity contribution in [1.29, 1.82) is 0 Å². The Balaban J connectivity index is 1.63. The number of halogens is 1. The summed E-state index contributed by atoms with van der Waals surface area (Å²) >= 11 is 3.44. The van der Waals surface area contributed by atoms with Crippen molar-refractivity contribution >= 4 is 27.5 Å². The molecule has 0 spiro atoms. The molecule has 1 aliphatic rings. The lowest BCUT2D eigenvalue weighted by atomic mass is 10.0. The summed E-state index contributed by atoms with van der Waals surface area (Å²) in [5, 5.41) is 6.06. The standard InChI is InChI=1S/C21H17BrN2O2/c1-14(25)24-19(13-18(23-24)15-5-3-2-4-6-15)21-12-11-20(26-21)16-7-9-17(22)10-8-16/h2-12,19H,13H2,1H3. The Kier molecular flexibility index (Phi) is 4.47. The molecule has 1 amide bonds. The molecule has 130 valence electrons. The monoisotopic (exact) mass is 408 g/mol. The predicted molar refractivity (Wildman–Crippen MR) is 105 cm³/mol. The van der Waals surface area contributed by atoms with Crippen molar-refractivity contribution in [2.45, 2.75) is 19.4 Å². The van der Waals surface area contributed by atoms with Gasteiger partial charge >= 0.3 is 0 Å². The highest BCUT2D eigenvalue weighted by Crippen LogP contribution is 2.35. The number of benzene rings is 2. The van der Waals surface area contributed by atoms with Crippen LogP contribution in [0.4, 0.5) is 0 Å². The molecular formula is C21H17BrN2O2. The number of carbonyl (C=O) groups excluding carboxylic acids is 1. The number of amides is 1. The Morgan fingerprint density at radius 2 is 1.77 bits per heavy atom. The molecule has 5 heteroatoms. The number of hydrogen-bond donors (Lipinski definition) is 0. The number of nitrogens with zero attached hydrogens (tertiary/aromatic N) is 2. The van der Waals surface area contributed by atoms with Gasteiger partial charge in [-0.25, -0.2) is 5.01 Å². The second kappa shape index (κ2) is 6.92. The van der Waals surface area contributed by atoms with Crippen molar-refractivity contribution in [2.24, 2.45) is 5.10 Å². The molecule has 0 saturated heterocycles. The minimum absolute atomic E-state index is 0.0949. The molecule has 26 heavy (non-hydrogen) atoms. The van der Waals surface area contributed by atoms with E-state index in [0.717, 1.165) is 32.8 Å². The van der Waals surface area contributed by atoms with Crippen LogP contribution in [0, 0.1) is 0 Å². The van der Waals surface area contributed by atoms with E-state index >= 15 is 0 Å². The van der Waals surface area contributed by atoms with Gasteiger partial charge in [-0.1, -0.05) is 58.4 Å². The fraction of sp³-hybridized carbons (Fsp3) is 0.143. The fourth-order valence-electron chi connectivity index (χ4n) is 3.13. The van der Waals surface area contributed by atoms with Crippen molar-refractivity contribution in [3.8, 4) is 11.3 Å². The lowest BCUT2D eigenvalue weighted by molar-refractivity contribution is -0.130. The largest absolute Gasteiger partial charge is 0.459 e. The van der Waals surface area contributed by atoms with Crippen molar-refractivity contribution < 1.29 is 9.21 Å². The zero-order valence-corrected chi connectivity index (χ0v) is 15.8. The first-order chi connectivity index (χ1) is 12.6. The van der Waals surface area contributed by atoms with E-state index in [4.69, 9.17) is 4.42 Å². The van der Waals surface area contributed by atoms with Crippen LogP contribution >= 0.6 is 15.9 Å². The van der Waals surface area contributed by atoms with Crippen LogP contribution in [-0.4, -0.2) is 16.6 Å². The summed E-state index contributed by atoms with van der Waals surface area (Å²) < 4.78 is 7.10. The third kappa shape index (κ3) is 3.22. The number of rotatable bonds is 3. The molecule has 4 rings (SSSR count). The fourth-order valence-corrected chi connectivity index (χ4v) is 3.39. The van der Waals surface area contributed by atoms with Crippen LogP contribution in [0.25, 0.3) is 11.3 Å². The number of hydrazone groups is 1. The molecule has 2 aromatic carbocycles. The summed E-state index contributed by atoms with van der Waals surface area (Å²) in [6.07, 6.45) is 0.636. The summed E-state index contributed by atoms with van der Waals surface area (Å²) in [6, 6.07) is 21.5. The van der Waals surface area contributed by atoms with Crippen LogP contribution in [0.1, 0.15) is 30.7 Å². The molecule has 0 N–H and O–H groups in total. The number of furan rings is 1. The molecular weight excluding hydrogens is 392 g/mol. The summed E-state index contributed by atoms with van der Waals surface area (Å²) in [7, 11) is 0. The zero-order chi connectivity index (χ0) is 18.1. The van der Waals surface area contributed by atoms with Crippen LogP contribution < -0.4 is 0 Å². The molecule has 4 nitrogen and oxygen atoms in total. The van der Waals surface area contributed by atoms with E-state index in [-0.39, 0.29) is 11.9 Å². The topological polar surface area (TPSA) is 45.8 Å². The molecule has 1 aliphatic heterocycles. The molecule has 0 saturated carbocycles. The molecule has 0 aliphatic carbocycles. The van der Waals surface area contributed by atoms with E-state index in [9.17, 15) is 4.79 Å². The maximum Gasteiger partial charge on any atom is 0.240 e. The van der Waals surface area contributed by atoms with Gasteiger partial charge < -0.3 is 4.42 Å². The van der Waals surface area contributed by atoms with Crippen molar-refractivity contribution in [2.75, 3.05) is 0 Å². The van der Waals surface area contributed by atoms with Crippen LogP contribution in [0.5, 0.6) is 0 Å². The normalized spacial score (nSPS) is 16.6. The first-order valence-corrected chi connectivity index (χ1v) is 9.19. The van der Waals surface area contributed by atoms with Crippen molar-refractivity contribution in [3.63, 3.8) is 0 Å². The smallest absolute Gasteiger partial charge is 0.240 e. The minimum Gasteiger partial charge on any atom is -0.459 e. The van der Waals surface area contributed by atoms with Crippen molar-refractivity contribution in [3.05, 3.63) is 82.5 Å². The van der Waals surface area contributed by atoms with E-state index in [2.05, 4.69) is 21.0 Å². The van der Waals surface area contributed by atoms with E-state index in [1.807, 2.05) is 66.7 Å². The zero-order valence-electron chi connectivity index (χ0n) is 14.2. The second-order valence-electron chi connectivity index (χ2n) is 6.21. The average molecular weight is 409 g/mol. The molecule has 0 bridgehead atoms. The quantitative estimate of drug-likeness (QED) is 0.581. The Morgan fingerprint density at radius 1 is 1.04 bits per heavy atom. The summed E-state index contributed by atoms with van der Waals surface area (Å²) in [4.78, 5) is 12.1. The molecule has 3 aromatic rings. The lowest BCUT2D eigenvalue weighted by Crippen LogP contribution is -2.23. The van der Waals surface area contributed by atoms with Gasteiger partial charge in [0.25, 0.3) is 0 Å². The van der Waals surface area contributed by atoms with Gasteiger partial charge in [-0.15, -0.1) is 0 Å². The van der Waals surface area contributed by atoms with Crippen LogP contribution in [0.2, 0.25) is 0 Å². The Hall–Kier alpha value is -2.66. The highest BCUT2D eigenvalue weighted by Gasteiger charge is 2.33. The average Bonchev–Trinajstić information content (AvgIpc) is 3.30. The van der Waals surface area contributed by atoms with Gasteiger partial charge in [-0.2, -0.15) is 5.10 Å². The third-order valence-electron chi connectivity index (χ3n) is 4.42. The van der Waals surface area contributed by atoms with E-state index < -0.39 is 0 Å². The van der Waals surface area contributed by atoms with E-state index in [1.165, 1.54) is 11.9 Å². The van der Waals surface area contributed by atoms with Crippen LogP contribution in [0.3, 0.4) is 0 Å². The molecule has 1 aromatic heterocycles. The maximum absolute atomic E-state index is 12.1. The third-order valence-corrected chi connectivity index (χ3v) is 4.95. The molecule has 1 unspecified atom stereocenters. The van der Waals surface area contributed by atoms with Gasteiger partial charge in [0.15, 0.2) is 0 Å². The second-order valence-corrected chi connectivity index (χ2v) is 7.12. The summed E-state index contributed by atoms with van der Waals surface area (Å²) in [6.45, 7) is 1.53. The number of carbonyl (C=O) groups is 1. The first kappa shape index (κ1) is 16.8. The highest BCUT2D eigenvalue weighted by atomic mass is 79.9. The molecule has 2 heterocycles. The summed E-state index contributed by atoms with van der Waals surface area (Å²) in [5.41, 5.74) is 2.92. The lowest BCUT2D eigenvalue weighted by Gasteiger charge is -2.17. The van der Waals surface area contributed by atoms with E-state index in [1.54, 1.807) is 0 Å².